The van der Waals surface area contributed by atoms with E-state index in [0.29, 0.717) is 18.7 Å². The Labute approximate surface area is 151 Å². The fraction of sp³-hybridized carbons (Fsp3) is 0.529. The van der Waals surface area contributed by atoms with Crippen LogP contribution in [0.1, 0.15) is 38.6 Å². The van der Waals surface area contributed by atoms with E-state index in [2.05, 4.69) is 20.8 Å². The maximum Gasteiger partial charge on any atom is 0.318 e. The molecule has 0 bridgehead atoms. The van der Waals surface area contributed by atoms with Crippen LogP contribution in [0.4, 0.5) is 4.79 Å². The maximum absolute atomic E-state index is 12.7. The van der Waals surface area contributed by atoms with Crippen LogP contribution in [0.5, 0.6) is 5.75 Å². The van der Waals surface area contributed by atoms with Gasteiger partial charge in [0.15, 0.2) is 5.82 Å². The number of aromatic nitrogens is 4. The van der Waals surface area contributed by atoms with E-state index in [1.54, 1.807) is 16.7 Å². The molecular weight excluding hydrogens is 336 g/mol. The minimum Gasteiger partial charge on any atom is -0.497 e. The van der Waals surface area contributed by atoms with Crippen LogP contribution in [0, 0.1) is 0 Å². The molecule has 2 N–H and O–H groups in total. The number of rotatable bonds is 5. The lowest BCUT2D eigenvalue weighted by Gasteiger charge is -2.29. The number of nitrogens with one attached hydrogen (secondary N) is 1. The van der Waals surface area contributed by atoms with Crippen molar-refractivity contribution in [3.8, 4) is 11.4 Å². The van der Waals surface area contributed by atoms with Crippen LogP contribution in [0.2, 0.25) is 0 Å². The van der Waals surface area contributed by atoms with Crippen LogP contribution >= 0.6 is 0 Å². The van der Waals surface area contributed by atoms with Crippen molar-refractivity contribution in [1.29, 1.82) is 0 Å². The molecule has 0 aliphatic carbocycles. The average Bonchev–Trinajstić information content (AvgIpc) is 3.27. The number of ether oxygens (including phenoxy) is 1. The van der Waals surface area contributed by atoms with E-state index in [1.807, 2.05) is 38.1 Å². The van der Waals surface area contributed by atoms with E-state index < -0.39 is 0 Å². The molecular formula is C17H24N6O3. The zero-order valence-corrected chi connectivity index (χ0v) is 15.2. The number of carbonyl (C=O) groups excluding carboxylic acids is 1. The van der Waals surface area contributed by atoms with Crippen molar-refractivity contribution in [3.05, 3.63) is 30.1 Å². The number of urea groups is 1. The summed E-state index contributed by atoms with van der Waals surface area (Å²) in [6.07, 6.45) is 1.38. The first kappa shape index (κ1) is 18.1. The maximum atomic E-state index is 12.7. The Morgan fingerprint density at radius 1 is 1.35 bits per heavy atom. The number of tetrazole rings is 1. The predicted octanol–water partition coefficient (Wildman–Crippen LogP) is 1.29. The molecule has 0 unspecified atom stereocenters. The summed E-state index contributed by atoms with van der Waals surface area (Å²) in [6, 6.07) is 6.60. The zero-order chi connectivity index (χ0) is 18.7. The standard InChI is InChI=1S/C17H24N6O3/c1-11(2)18-17(25)22-13(10-24)6-9-15(22)16-19-20-21-23(16)12-4-7-14(26-3)8-5-12/h4-5,7-8,11,13,15,24H,6,9-10H2,1-3H3,(H,18,25)/t13-,15+/m0/s1. The molecule has 0 radical (unpaired) electrons. The second kappa shape index (κ2) is 7.69. The fourth-order valence-corrected chi connectivity index (χ4v) is 3.25. The van der Waals surface area contributed by atoms with Gasteiger partial charge in [0, 0.05) is 6.04 Å². The number of likely N-dealkylation sites (tertiary alicyclic amines) is 1. The molecule has 1 aliphatic rings. The van der Waals surface area contributed by atoms with Gasteiger partial charge < -0.3 is 20.1 Å². The number of aliphatic hydroxyl groups excluding tert-OH is 1. The van der Waals surface area contributed by atoms with E-state index in [-0.39, 0.29) is 30.8 Å². The smallest absolute Gasteiger partial charge is 0.318 e. The topological polar surface area (TPSA) is 105 Å². The third kappa shape index (κ3) is 3.48. The number of nitrogens with zero attached hydrogens (tertiary/aromatic N) is 5. The molecule has 1 aromatic heterocycles. The summed E-state index contributed by atoms with van der Waals surface area (Å²) >= 11 is 0. The molecule has 2 atom stereocenters. The molecule has 9 heteroatoms. The van der Waals surface area contributed by atoms with Crippen molar-refractivity contribution >= 4 is 6.03 Å². The van der Waals surface area contributed by atoms with Crippen molar-refractivity contribution in [2.75, 3.05) is 13.7 Å². The third-order valence-electron chi connectivity index (χ3n) is 4.47. The Kier molecular flexibility index (Phi) is 5.36. The zero-order valence-electron chi connectivity index (χ0n) is 15.2. The highest BCUT2D eigenvalue weighted by atomic mass is 16.5. The lowest BCUT2D eigenvalue weighted by atomic mass is 10.2. The van der Waals surface area contributed by atoms with Gasteiger partial charge in [-0.3, -0.25) is 0 Å². The van der Waals surface area contributed by atoms with Crippen LogP contribution in [0.15, 0.2) is 24.3 Å². The number of aliphatic hydroxyl groups is 1. The SMILES string of the molecule is COc1ccc(-n2nnnc2[C@H]2CC[C@@H](CO)N2C(=O)NC(C)C)cc1. The van der Waals surface area contributed by atoms with Crippen LogP contribution in [-0.2, 0) is 0 Å². The molecule has 9 nitrogen and oxygen atoms in total. The molecule has 1 saturated heterocycles. The van der Waals surface area contributed by atoms with Crippen molar-refractivity contribution in [2.24, 2.45) is 0 Å². The predicted molar refractivity (Wildman–Crippen MR) is 94.1 cm³/mol. The van der Waals surface area contributed by atoms with Crippen molar-refractivity contribution in [2.45, 2.75) is 44.8 Å². The van der Waals surface area contributed by atoms with Gasteiger partial charge in [0.1, 0.15) is 5.75 Å². The summed E-state index contributed by atoms with van der Waals surface area (Å²) in [5, 5.41) is 24.6. The molecule has 3 rings (SSSR count). The van der Waals surface area contributed by atoms with Gasteiger partial charge in [-0.25, -0.2) is 4.79 Å². The quantitative estimate of drug-likeness (QED) is 0.832. The minimum atomic E-state index is -0.303. The molecule has 2 heterocycles. The van der Waals surface area contributed by atoms with Crippen molar-refractivity contribution < 1.29 is 14.6 Å². The van der Waals surface area contributed by atoms with Gasteiger partial charge in [0.2, 0.25) is 0 Å². The fourth-order valence-electron chi connectivity index (χ4n) is 3.25. The van der Waals surface area contributed by atoms with Crippen LogP contribution in [0.3, 0.4) is 0 Å². The van der Waals surface area contributed by atoms with Crippen LogP contribution in [-0.4, -0.2) is 62.0 Å². The van der Waals surface area contributed by atoms with Gasteiger partial charge in [-0.2, -0.15) is 4.68 Å². The molecule has 2 amide bonds. The molecule has 0 saturated carbocycles. The summed E-state index contributed by atoms with van der Waals surface area (Å²) in [5.41, 5.74) is 0.780. The Morgan fingerprint density at radius 2 is 2.08 bits per heavy atom. The van der Waals surface area contributed by atoms with Crippen molar-refractivity contribution in [3.63, 3.8) is 0 Å². The Balaban J connectivity index is 1.92. The highest BCUT2D eigenvalue weighted by Crippen LogP contribution is 2.35. The lowest BCUT2D eigenvalue weighted by Crippen LogP contribution is -2.47. The number of methoxy groups -OCH3 is 1. The number of hydrogen-bond acceptors (Lipinski definition) is 6. The number of amides is 2. The summed E-state index contributed by atoms with van der Waals surface area (Å²) < 4.78 is 6.81. The first-order valence-corrected chi connectivity index (χ1v) is 8.67. The number of hydrogen-bond donors (Lipinski definition) is 2. The van der Waals surface area contributed by atoms with Gasteiger partial charge in [-0.1, -0.05) is 0 Å². The van der Waals surface area contributed by atoms with Gasteiger partial charge in [0.25, 0.3) is 0 Å². The minimum absolute atomic E-state index is 0.000626. The van der Waals surface area contributed by atoms with Crippen LogP contribution < -0.4 is 10.1 Å². The number of benzene rings is 1. The normalized spacial score (nSPS) is 19.8. The Morgan fingerprint density at radius 3 is 2.69 bits per heavy atom. The molecule has 140 valence electrons. The highest BCUT2D eigenvalue weighted by molar-refractivity contribution is 5.75. The molecule has 26 heavy (non-hydrogen) atoms. The largest absolute Gasteiger partial charge is 0.497 e. The third-order valence-corrected chi connectivity index (χ3v) is 4.47. The van der Waals surface area contributed by atoms with Crippen molar-refractivity contribution in [1.82, 2.24) is 30.4 Å². The summed E-state index contributed by atoms with van der Waals surface area (Å²) in [7, 11) is 1.61. The molecule has 1 aromatic carbocycles. The molecule has 0 spiro atoms. The second-order valence-electron chi connectivity index (χ2n) is 6.59. The van der Waals surface area contributed by atoms with Gasteiger partial charge in [0.05, 0.1) is 31.5 Å². The molecule has 1 fully saturated rings. The monoisotopic (exact) mass is 360 g/mol. The van der Waals surface area contributed by atoms with Crippen LogP contribution in [0.25, 0.3) is 5.69 Å². The van der Waals surface area contributed by atoms with E-state index in [9.17, 15) is 9.90 Å². The van der Waals surface area contributed by atoms with E-state index in [4.69, 9.17) is 4.74 Å². The first-order chi connectivity index (χ1) is 12.5. The molecule has 2 aromatic rings. The van der Waals surface area contributed by atoms with E-state index >= 15 is 0 Å². The molecule has 1 aliphatic heterocycles. The van der Waals surface area contributed by atoms with Gasteiger partial charge in [-0.05, 0) is 61.4 Å². The average molecular weight is 360 g/mol. The summed E-state index contributed by atoms with van der Waals surface area (Å²) in [5.74, 6) is 1.31. The van der Waals surface area contributed by atoms with Gasteiger partial charge in [-0.15, -0.1) is 5.10 Å². The first-order valence-electron chi connectivity index (χ1n) is 8.67. The van der Waals surface area contributed by atoms with Gasteiger partial charge >= 0.3 is 6.03 Å². The Hall–Kier alpha value is -2.68. The summed E-state index contributed by atoms with van der Waals surface area (Å²) in [4.78, 5) is 14.3. The summed E-state index contributed by atoms with van der Waals surface area (Å²) in [6.45, 7) is 3.71. The Bertz CT molecular complexity index is 745. The highest BCUT2D eigenvalue weighted by Gasteiger charge is 2.40. The lowest BCUT2D eigenvalue weighted by molar-refractivity contribution is 0.133. The van der Waals surface area contributed by atoms with E-state index in [1.165, 1.54) is 0 Å². The second-order valence-corrected chi connectivity index (χ2v) is 6.59. The van der Waals surface area contributed by atoms with E-state index in [0.717, 1.165) is 11.4 Å². The number of carbonyl (C=O) groups is 1.